The Morgan fingerprint density at radius 2 is 1.89 bits per heavy atom. The van der Waals surface area contributed by atoms with E-state index in [-0.39, 0.29) is 11.3 Å². The fourth-order valence-electron chi connectivity index (χ4n) is 1.28. The van der Waals surface area contributed by atoms with Crippen LogP contribution < -0.4 is 4.74 Å². The molecule has 0 bridgehead atoms. The summed E-state index contributed by atoms with van der Waals surface area (Å²) in [5, 5.41) is 0.384. The van der Waals surface area contributed by atoms with E-state index in [1.807, 2.05) is 0 Å². The maximum absolute atomic E-state index is 11.5. The Labute approximate surface area is 110 Å². The predicted molar refractivity (Wildman–Crippen MR) is 64.9 cm³/mol. The smallest absolute Gasteiger partial charge is 0.346 e. The molecule has 0 aliphatic carbocycles. The van der Waals surface area contributed by atoms with E-state index in [4.69, 9.17) is 16.3 Å². The Kier molecular flexibility index (Phi) is 4.97. The third kappa shape index (κ3) is 3.37. The van der Waals surface area contributed by atoms with Gasteiger partial charge in [-0.3, -0.25) is 0 Å². The number of halogens is 1. The number of carbonyl (C=O) groups excluding carboxylic acids is 2. The van der Waals surface area contributed by atoms with Gasteiger partial charge >= 0.3 is 11.9 Å². The quantitative estimate of drug-likeness (QED) is 0.785. The molecule has 1 aromatic rings. The summed E-state index contributed by atoms with van der Waals surface area (Å²) < 4.78 is 14.5. The molecule has 1 rings (SSSR count). The lowest BCUT2D eigenvalue weighted by molar-refractivity contribution is -0.147. The zero-order valence-electron chi connectivity index (χ0n) is 10.2. The third-order valence-corrected chi connectivity index (χ3v) is 2.42. The first-order chi connectivity index (χ1) is 8.49. The summed E-state index contributed by atoms with van der Waals surface area (Å²) in [5.41, 5.74) is 0.192. The first kappa shape index (κ1) is 14.3. The summed E-state index contributed by atoms with van der Waals surface area (Å²) in [5.74, 6) is -0.947. The zero-order valence-corrected chi connectivity index (χ0v) is 11.0. The number of hydrogen-bond acceptors (Lipinski definition) is 5. The van der Waals surface area contributed by atoms with E-state index in [0.717, 1.165) is 0 Å². The molecule has 0 fully saturated rings. The van der Waals surface area contributed by atoms with Crippen molar-refractivity contribution in [2.75, 3.05) is 14.2 Å². The van der Waals surface area contributed by atoms with Crippen molar-refractivity contribution in [1.29, 1.82) is 0 Å². The van der Waals surface area contributed by atoms with Crippen molar-refractivity contribution in [2.24, 2.45) is 0 Å². The van der Waals surface area contributed by atoms with Gasteiger partial charge in [0.2, 0.25) is 0 Å². The number of esters is 2. The zero-order chi connectivity index (χ0) is 13.7. The highest BCUT2D eigenvalue weighted by Gasteiger charge is 2.20. The van der Waals surface area contributed by atoms with Gasteiger partial charge in [0.05, 0.1) is 14.2 Å². The van der Waals surface area contributed by atoms with Crippen molar-refractivity contribution in [3.63, 3.8) is 0 Å². The molecule has 0 spiro atoms. The van der Waals surface area contributed by atoms with Crippen LogP contribution in [0.4, 0.5) is 0 Å². The van der Waals surface area contributed by atoms with Crippen LogP contribution in [0.5, 0.6) is 5.75 Å². The van der Waals surface area contributed by atoms with Gasteiger partial charge in [0.1, 0.15) is 11.3 Å². The minimum atomic E-state index is -0.850. The van der Waals surface area contributed by atoms with Gasteiger partial charge in [0.25, 0.3) is 0 Å². The molecule has 1 unspecified atom stereocenters. The fraction of sp³-hybridized carbons (Fsp3) is 0.333. The van der Waals surface area contributed by atoms with Crippen LogP contribution in [0.3, 0.4) is 0 Å². The van der Waals surface area contributed by atoms with Gasteiger partial charge in [-0.05, 0) is 25.1 Å². The van der Waals surface area contributed by atoms with Crippen molar-refractivity contribution >= 4 is 23.5 Å². The first-order valence-electron chi connectivity index (χ1n) is 5.12. The summed E-state index contributed by atoms with van der Waals surface area (Å²) in [6.07, 6.45) is -0.850. The van der Waals surface area contributed by atoms with Gasteiger partial charge in [-0.25, -0.2) is 9.59 Å². The molecule has 1 atom stereocenters. The van der Waals surface area contributed by atoms with E-state index in [1.54, 1.807) is 0 Å². The number of ether oxygens (including phenoxy) is 3. The van der Waals surface area contributed by atoms with Crippen LogP contribution in [0.25, 0.3) is 0 Å². The second kappa shape index (κ2) is 6.26. The van der Waals surface area contributed by atoms with Gasteiger partial charge < -0.3 is 14.2 Å². The topological polar surface area (TPSA) is 61.8 Å². The average Bonchev–Trinajstić information content (AvgIpc) is 2.37. The molecular weight excluding hydrogens is 260 g/mol. The van der Waals surface area contributed by atoms with E-state index in [1.165, 1.54) is 39.3 Å². The Balaban J connectivity index is 3.02. The lowest BCUT2D eigenvalue weighted by Gasteiger charge is -2.15. The SMILES string of the molecule is COC(=O)c1ccc(Cl)cc1OC(C)C(=O)OC. The van der Waals surface area contributed by atoms with Crippen LogP contribution in [-0.4, -0.2) is 32.3 Å². The number of hydrogen-bond donors (Lipinski definition) is 0. The monoisotopic (exact) mass is 272 g/mol. The summed E-state index contributed by atoms with van der Waals surface area (Å²) in [6, 6.07) is 4.43. The lowest BCUT2D eigenvalue weighted by Crippen LogP contribution is -2.25. The molecule has 0 aromatic heterocycles. The van der Waals surface area contributed by atoms with E-state index in [2.05, 4.69) is 9.47 Å². The molecule has 0 radical (unpaired) electrons. The van der Waals surface area contributed by atoms with Crippen molar-refractivity contribution in [1.82, 2.24) is 0 Å². The van der Waals surface area contributed by atoms with Gasteiger partial charge in [0, 0.05) is 5.02 Å². The number of carbonyl (C=O) groups is 2. The van der Waals surface area contributed by atoms with E-state index in [9.17, 15) is 9.59 Å². The molecule has 6 heteroatoms. The molecule has 0 aliphatic heterocycles. The Morgan fingerprint density at radius 3 is 2.44 bits per heavy atom. The maximum Gasteiger partial charge on any atom is 0.346 e. The van der Waals surface area contributed by atoms with Crippen molar-refractivity contribution in [3.05, 3.63) is 28.8 Å². The molecule has 0 aliphatic rings. The molecule has 1 aromatic carbocycles. The highest BCUT2D eigenvalue weighted by atomic mass is 35.5. The Hall–Kier alpha value is -1.75. The molecule has 0 heterocycles. The summed E-state index contributed by atoms with van der Waals surface area (Å²) in [7, 11) is 2.51. The Bertz CT molecular complexity index is 458. The van der Waals surface area contributed by atoms with Crippen LogP contribution in [-0.2, 0) is 14.3 Å². The molecule has 0 saturated carbocycles. The maximum atomic E-state index is 11.5. The summed E-state index contributed by atoms with van der Waals surface area (Å²) in [6.45, 7) is 1.51. The van der Waals surface area contributed by atoms with Gasteiger partial charge in [-0.1, -0.05) is 11.6 Å². The predicted octanol–water partition coefficient (Wildman–Crippen LogP) is 2.07. The van der Waals surface area contributed by atoms with Crippen molar-refractivity contribution < 1.29 is 23.8 Å². The lowest BCUT2D eigenvalue weighted by atomic mass is 10.2. The molecular formula is C12H13ClO5. The number of benzene rings is 1. The average molecular weight is 273 g/mol. The largest absolute Gasteiger partial charge is 0.478 e. The molecule has 0 saturated heterocycles. The van der Waals surface area contributed by atoms with Crippen LogP contribution >= 0.6 is 11.6 Å². The first-order valence-corrected chi connectivity index (χ1v) is 5.49. The number of methoxy groups -OCH3 is 2. The van der Waals surface area contributed by atoms with E-state index >= 15 is 0 Å². The number of rotatable bonds is 4. The van der Waals surface area contributed by atoms with Crippen LogP contribution in [0.2, 0.25) is 5.02 Å². The normalized spacial score (nSPS) is 11.6. The van der Waals surface area contributed by atoms with Crippen LogP contribution in [0.15, 0.2) is 18.2 Å². The highest BCUT2D eigenvalue weighted by Crippen LogP contribution is 2.25. The van der Waals surface area contributed by atoms with Crippen LogP contribution in [0, 0.1) is 0 Å². The molecule has 18 heavy (non-hydrogen) atoms. The minimum Gasteiger partial charge on any atom is -0.478 e. The molecule has 0 N–H and O–H groups in total. The molecule has 0 amide bonds. The van der Waals surface area contributed by atoms with E-state index in [0.29, 0.717) is 5.02 Å². The Morgan fingerprint density at radius 1 is 1.22 bits per heavy atom. The molecule has 5 nitrogen and oxygen atoms in total. The van der Waals surface area contributed by atoms with Gasteiger partial charge in [-0.15, -0.1) is 0 Å². The standard InChI is InChI=1S/C12H13ClO5/c1-7(11(14)16-2)18-10-6-8(13)4-5-9(10)12(15)17-3/h4-7H,1-3H3. The second-order valence-corrected chi connectivity index (χ2v) is 3.85. The fourth-order valence-corrected chi connectivity index (χ4v) is 1.44. The minimum absolute atomic E-state index is 0.173. The molecule has 98 valence electrons. The summed E-state index contributed by atoms with van der Waals surface area (Å²) >= 11 is 5.81. The van der Waals surface area contributed by atoms with Crippen LogP contribution in [0.1, 0.15) is 17.3 Å². The summed E-state index contributed by atoms with van der Waals surface area (Å²) in [4.78, 5) is 22.8. The third-order valence-electron chi connectivity index (χ3n) is 2.19. The second-order valence-electron chi connectivity index (χ2n) is 3.42. The van der Waals surface area contributed by atoms with Crippen molar-refractivity contribution in [3.8, 4) is 5.75 Å². The van der Waals surface area contributed by atoms with Gasteiger partial charge in [0.15, 0.2) is 6.10 Å². The highest BCUT2D eigenvalue weighted by molar-refractivity contribution is 6.30. The van der Waals surface area contributed by atoms with Crippen molar-refractivity contribution in [2.45, 2.75) is 13.0 Å². The van der Waals surface area contributed by atoms with Gasteiger partial charge in [-0.2, -0.15) is 0 Å². The van der Waals surface area contributed by atoms with E-state index < -0.39 is 18.0 Å².